The van der Waals surface area contributed by atoms with E-state index in [1.165, 1.54) is 6.07 Å². The monoisotopic (exact) mass is 197 g/mol. The number of aryl methyl sites for hydroxylation is 1. The summed E-state index contributed by atoms with van der Waals surface area (Å²) >= 11 is 0. The topological polar surface area (TPSA) is 46.2 Å². The van der Waals surface area contributed by atoms with Gasteiger partial charge in [-0.2, -0.15) is 0 Å². The van der Waals surface area contributed by atoms with E-state index in [1.807, 2.05) is 6.92 Å². The Morgan fingerprint density at radius 1 is 1.50 bits per heavy atom. The van der Waals surface area contributed by atoms with Gasteiger partial charge in [-0.25, -0.2) is 4.39 Å². The molecule has 0 aliphatic carbocycles. The Labute approximate surface area is 83.6 Å². The van der Waals surface area contributed by atoms with Crippen molar-refractivity contribution in [3.05, 3.63) is 29.1 Å². The van der Waals surface area contributed by atoms with Crippen LogP contribution in [0.3, 0.4) is 0 Å². The molecule has 0 fully saturated rings. The van der Waals surface area contributed by atoms with Crippen LogP contribution in [-0.2, 0) is 5.60 Å². The van der Waals surface area contributed by atoms with E-state index in [0.29, 0.717) is 23.2 Å². The summed E-state index contributed by atoms with van der Waals surface area (Å²) in [7, 11) is 0. The number of nitrogens with two attached hydrogens (primary N) is 1. The Balaban J connectivity index is 3.29. The van der Waals surface area contributed by atoms with Crippen LogP contribution in [0.5, 0.6) is 0 Å². The molecule has 0 heterocycles. The van der Waals surface area contributed by atoms with Gasteiger partial charge in [0.25, 0.3) is 0 Å². The molecule has 1 rings (SSSR count). The molecule has 14 heavy (non-hydrogen) atoms. The van der Waals surface area contributed by atoms with E-state index in [-0.39, 0.29) is 5.82 Å². The molecular weight excluding hydrogens is 181 g/mol. The summed E-state index contributed by atoms with van der Waals surface area (Å²) < 4.78 is 13.3. The minimum Gasteiger partial charge on any atom is -0.398 e. The molecule has 1 aromatic rings. The normalized spacial score (nSPS) is 15.2. The SMILES string of the molecule is CCC(C)(O)c1cc(F)c(C)cc1N. The molecule has 78 valence electrons. The zero-order chi connectivity index (χ0) is 10.9. The van der Waals surface area contributed by atoms with E-state index in [1.54, 1.807) is 19.9 Å². The first-order valence-corrected chi connectivity index (χ1v) is 4.67. The maximum atomic E-state index is 13.3. The van der Waals surface area contributed by atoms with Crippen LogP contribution >= 0.6 is 0 Å². The van der Waals surface area contributed by atoms with E-state index in [9.17, 15) is 9.50 Å². The van der Waals surface area contributed by atoms with E-state index >= 15 is 0 Å². The number of rotatable bonds is 2. The Bertz CT molecular complexity index is 347. The number of anilines is 1. The van der Waals surface area contributed by atoms with Gasteiger partial charge in [0.05, 0.1) is 5.60 Å². The van der Waals surface area contributed by atoms with Crippen molar-refractivity contribution in [3.8, 4) is 0 Å². The van der Waals surface area contributed by atoms with Crippen LogP contribution < -0.4 is 5.73 Å². The summed E-state index contributed by atoms with van der Waals surface area (Å²) in [5.74, 6) is -0.331. The van der Waals surface area contributed by atoms with Gasteiger partial charge in [0.1, 0.15) is 5.82 Å². The van der Waals surface area contributed by atoms with Crippen molar-refractivity contribution in [2.75, 3.05) is 5.73 Å². The van der Waals surface area contributed by atoms with Crippen LogP contribution in [0.25, 0.3) is 0 Å². The molecule has 0 aliphatic rings. The third-order valence-electron chi connectivity index (χ3n) is 2.60. The maximum absolute atomic E-state index is 13.3. The number of hydrogen-bond acceptors (Lipinski definition) is 2. The van der Waals surface area contributed by atoms with Gasteiger partial charge in [-0.15, -0.1) is 0 Å². The lowest BCUT2D eigenvalue weighted by Gasteiger charge is -2.24. The van der Waals surface area contributed by atoms with Crippen LogP contribution in [0, 0.1) is 12.7 Å². The van der Waals surface area contributed by atoms with Crippen molar-refractivity contribution in [3.63, 3.8) is 0 Å². The van der Waals surface area contributed by atoms with Crippen molar-refractivity contribution in [1.29, 1.82) is 0 Å². The summed E-state index contributed by atoms with van der Waals surface area (Å²) in [4.78, 5) is 0. The number of hydrogen-bond donors (Lipinski definition) is 2. The van der Waals surface area contributed by atoms with Crippen molar-refractivity contribution in [2.45, 2.75) is 32.8 Å². The smallest absolute Gasteiger partial charge is 0.126 e. The minimum absolute atomic E-state index is 0.331. The lowest BCUT2D eigenvalue weighted by Crippen LogP contribution is -2.21. The van der Waals surface area contributed by atoms with Gasteiger partial charge in [0.15, 0.2) is 0 Å². The quantitative estimate of drug-likeness (QED) is 0.715. The molecule has 0 saturated carbocycles. The molecule has 1 atom stereocenters. The van der Waals surface area contributed by atoms with Crippen LogP contribution in [0.4, 0.5) is 10.1 Å². The summed E-state index contributed by atoms with van der Waals surface area (Å²) in [6.07, 6.45) is 0.500. The van der Waals surface area contributed by atoms with Crippen LogP contribution in [0.1, 0.15) is 31.4 Å². The van der Waals surface area contributed by atoms with Crippen molar-refractivity contribution in [2.24, 2.45) is 0 Å². The fraction of sp³-hybridized carbons (Fsp3) is 0.455. The average molecular weight is 197 g/mol. The van der Waals surface area contributed by atoms with Crippen LogP contribution in [0.2, 0.25) is 0 Å². The second-order valence-corrected chi connectivity index (χ2v) is 3.82. The molecule has 0 bridgehead atoms. The third kappa shape index (κ3) is 1.87. The molecule has 0 radical (unpaired) electrons. The van der Waals surface area contributed by atoms with E-state index in [4.69, 9.17) is 5.73 Å². The van der Waals surface area contributed by atoms with Crippen LogP contribution in [0.15, 0.2) is 12.1 Å². The highest BCUT2D eigenvalue weighted by atomic mass is 19.1. The summed E-state index contributed by atoms with van der Waals surface area (Å²) in [6.45, 7) is 5.11. The first-order chi connectivity index (χ1) is 6.38. The number of nitrogen functional groups attached to an aromatic ring is 1. The molecule has 2 nitrogen and oxygen atoms in total. The van der Waals surface area contributed by atoms with E-state index in [2.05, 4.69) is 0 Å². The summed E-state index contributed by atoms with van der Waals surface area (Å²) in [5.41, 5.74) is 6.07. The van der Waals surface area contributed by atoms with E-state index in [0.717, 1.165) is 0 Å². The van der Waals surface area contributed by atoms with Crippen molar-refractivity contribution >= 4 is 5.69 Å². The van der Waals surface area contributed by atoms with Crippen molar-refractivity contribution < 1.29 is 9.50 Å². The van der Waals surface area contributed by atoms with E-state index < -0.39 is 5.60 Å². The Morgan fingerprint density at radius 2 is 2.07 bits per heavy atom. The molecule has 1 unspecified atom stereocenters. The first kappa shape index (κ1) is 11.0. The zero-order valence-electron chi connectivity index (χ0n) is 8.76. The largest absolute Gasteiger partial charge is 0.398 e. The highest BCUT2D eigenvalue weighted by Gasteiger charge is 2.24. The number of halogens is 1. The second-order valence-electron chi connectivity index (χ2n) is 3.82. The number of benzene rings is 1. The Hall–Kier alpha value is -1.09. The predicted octanol–water partition coefficient (Wildman–Crippen LogP) is 2.33. The molecule has 1 aromatic carbocycles. The highest BCUT2D eigenvalue weighted by molar-refractivity contribution is 5.52. The van der Waals surface area contributed by atoms with Gasteiger partial charge in [0, 0.05) is 11.3 Å². The summed E-state index contributed by atoms with van der Waals surface area (Å²) in [5, 5.41) is 9.94. The fourth-order valence-corrected chi connectivity index (χ4v) is 1.36. The van der Waals surface area contributed by atoms with Gasteiger partial charge < -0.3 is 10.8 Å². The highest BCUT2D eigenvalue weighted by Crippen LogP contribution is 2.30. The predicted molar refractivity (Wildman–Crippen MR) is 55.4 cm³/mol. The second kappa shape index (κ2) is 3.58. The average Bonchev–Trinajstić information content (AvgIpc) is 2.11. The first-order valence-electron chi connectivity index (χ1n) is 4.67. The molecule has 3 heteroatoms. The molecule has 0 amide bonds. The summed E-state index contributed by atoms with van der Waals surface area (Å²) in [6, 6.07) is 2.86. The zero-order valence-corrected chi connectivity index (χ0v) is 8.76. The van der Waals surface area contributed by atoms with Gasteiger partial charge in [-0.1, -0.05) is 6.92 Å². The molecule has 0 saturated heterocycles. The standard InChI is InChI=1S/C11H16FNO/c1-4-11(3,14)8-6-9(12)7(2)5-10(8)13/h5-6,14H,4,13H2,1-3H3. The molecule has 0 aliphatic heterocycles. The van der Waals surface area contributed by atoms with Gasteiger partial charge >= 0.3 is 0 Å². The Morgan fingerprint density at radius 3 is 2.57 bits per heavy atom. The van der Waals surface area contributed by atoms with Crippen molar-refractivity contribution in [1.82, 2.24) is 0 Å². The molecular formula is C11H16FNO. The molecule has 3 N–H and O–H groups in total. The van der Waals surface area contributed by atoms with Gasteiger partial charge in [-0.3, -0.25) is 0 Å². The third-order valence-corrected chi connectivity index (χ3v) is 2.60. The van der Waals surface area contributed by atoms with Gasteiger partial charge in [0.2, 0.25) is 0 Å². The Kier molecular flexibility index (Phi) is 2.81. The maximum Gasteiger partial charge on any atom is 0.126 e. The van der Waals surface area contributed by atoms with Crippen LogP contribution in [-0.4, -0.2) is 5.11 Å². The lowest BCUT2D eigenvalue weighted by atomic mass is 9.91. The number of aliphatic hydroxyl groups is 1. The minimum atomic E-state index is -1.06. The lowest BCUT2D eigenvalue weighted by molar-refractivity contribution is 0.0535. The molecule has 0 aromatic heterocycles. The molecule has 0 spiro atoms. The van der Waals surface area contributed by atoms with Gasteiger partial charge in [-0.05, 0) is 38.0 Å². The fourth-order valence-electron chi connectivity index (χ4n) is 1.36.